The summed E-state index contributed by atoms with van der Waals surface area (Å²) < 4.78 is 5.58. The van der Waals surface area contributed by atoms with Crippen LogP contribution in [-0.4, -0.2) is 35.6 Å². The fourth-order valence-corrected chi connectivity index (χ4v) is 1.88. The van der Waals surface area contributed by atoms with Gasteiger partial charge in [-0.15, -0.1) is 0 Å². The SMILES string of the molecule is CCCCC(=O)N1CC(C)OCC1(C)C. The predicted octanol–water partition coefficient (Wildman–Crippen LogP) is 2.20. The Labute approximate surface area is 92.8 Å². The maximum atomic E-state index is 12.0. The Morgan fingerprint density at radius 3 is 2.80 bits per heavy atom. The molecule has 1 atom stereocenters. The summed E-state index contributed by atoms with van der Waals surface area (Å²) in [6.45, 7) is 9.66. The van der Waals surface area contributed by atoms with Crippen LogP contribution in [0.2, 0.25) is 0 Å². The fraction of sp³-hybridized carbons (Fsp3) is 0.917. The molecule has 1 amide bonds. The van der Waals surface area contributed by atoms with Crippen LogP contribution in [-0.2, 0) is 9.53 Å². The monoisotopic (exact) mass is 213 g/mol. The molecular formula is C12H23NO2. The van der Waals surface area contributed by atoms with E-state index in [4.69, 9.17) is 4.74 Å². The Balaban J connectivity index is 2.59. The highest BCUT2D eigenvalue weighted by molar-refractivity contribution is 5.77. The number of hydrogen-bond donors (Lipinski definition) is 0. The van der Waals surface area contributed by atoms with Crippen LogP contribution in [0.3, 0.4) is 0 Å². The van der Waals surface area contributed by atoms with Gasteiger partial charge in [-0.2, -0.15) is 0 Å². The van der Waals surface area contributed by atoms with E-state index in [1.54, 1.807) is 0 Å². The molecule has 1 heterocycles. The van der Waals surface area contributed by atoms with Gasteiger partial charge in [-0.25, -0.2) is 0 Å². The summed E-state index contributed by atoms with van der Waals surface area (Å²) in [5, 5.41) is 0. The van der Waals surface area contributed by atoms with Crippen molar-refractivity contribution in [1.29, 1.82) is 0 Å². The number of morpholine rings is 1. The summed E-state index contributed by atoms with van der Waals surface area (Å²) in [5.41, 5.74) is -0.142. The molecule has 1 aliphatic rings. The lowest BCUT2D eigenvalue weighted by Gasteiger charge is -2.44. The molecule has 0 radical (unpaired) electrons. The van der Waals surface area contributed by atoms with Crippen molar-refractivity contribution in [2.75, 3.05) is 13.2 Å². The first kappa shape index (κ1) is 12.5. The Kier molecular flexibility index (Phi) is 4.14. The Hall–Kier alpha value is -0.570. The number of carbonyl (C=O) groups excluding carboxylic acids is 1. The molecular weight excluding hydrogens is 190 g/mol. The number of unbranched alkanes of at least 4 members (excludes halogenated alkanes) is 1. The molecule has 0 saturated carbocycles. The molecule has 1 rings (SSSR count). The third-order valence-electron chi connectivity index (χ3n) is 2.94. The summed E-state index contributed by atoms with van der Waals surface area (Å²) in [4.78, 5) is 14.0. The zero-order valence-electron chi connectivity index (χ0n) is 10.4. The van der Waals surface area contributed by atoms with E-state index in [2.05, 4.69) is 20.8 Å². The van der Waals surface area contributed by atoms with Gasteiger partial charge >= 0.3 is 0 Å². The second-order valence-corrected chi connectivity index (χ2v) is 5.04. The van der Waals surface area contributed by atoms with Crippen molar-refractivity contribution in [3.8, 4) is 0 Å². The fourth-order valence-electron chi connectivity index (χ4n) is 1.88. The number of hydrogen-bond acceptors (Lipinski definition) is 2. The lowest BCUT2D eigenvalue weighted by molar-refractivity contribution is -0.152. The third kappa shape index (κ3) is 3.20. The minimum atomic E-state index is -0.142. The van der Waals surface area contributed by atoms with Crippen LogP contribution in [0, 0.1) is 0 Å². The van der Waals surface area contributed by atoms with Gasteiger partial charge in [0.05, 0.1) is 18.2 Å². The minimum Gasteiger partial charge on any atom is -0.374 e. The molecule has 0 aromatic rings. The first-order chi connectivity index (χ1) is 6.97. The van der Waals surface area contributed by atoms with E-state index in [0.29, 0.717) is 13.0 Å². The zero-order chi connectivity index (χ0) is 11.5. The van der Waals surface area contributed by atoms with Crippen molar-refractivity contribution in [3.63, 3.8) is 0 Å². The van der Waals surface area contributed by atoms with E-state index in [9.17, 15) is 4.79 Å². The lowest BCUT2D eigenvalue weighted by Crippen LogP contribution is -2.57. The van der Waals surface area contributed by atoms with E-state index in [-0.39, 0.29) is 17.6 Å². The Morgan fingerprint density at radius 1 is 1.53 bits per heavy atom. The van der Waals surface area contributed by atoms with Crippen LogP contribution < -0.4 is 0 Å². The summed E-state index contributed by atoms with van der Waals surface area (Å²) in [7, 11) is 0. The number of rotatable bonds is 3. The smallest absolute Gasteiger partial charge is 0.223 e. The van der Waals surface area contributed by atoms with E-state index in [1.165, 1.54) is 0 Å². The van der Waals surface area contributed by atoms with Crippen molar-refractivity contribution in [2.45, 2.75) is 58.6 Å². The molecule has 0 N–H and O–H groups in total. The van der Waals surface area contributed by atoms with E-state index in [1.807, 2.05) is 11.8 Å². The second kappa shape index (κ2) is 4.97. The molecule has 1 fully saturated rings. The summed E-state index contributed by atoms with van der Waals surface area (Å²) in [6, 6.07) is 0. The van der Waals surface area contributed by atoms with Gasteiger partial charge < -0.3 is 9.64 Å². The predicted molar refractivity (Wildman–Crippen MR) is 60.7 cm³/mol. The number of carbonyl (C=O) groups is 1. The quantitative estimate of drug-likeness (QED) is 0.719. The van der Waals surface area contributed by atoms with Crippen LogP contribution in [0.1, 0.15) is 47.0 Å². The normalized spacial score (nSPS) is 25.3. The largest absolute Gasteiger partial charge is 0.374 e. The van der Waals surface area contributed by atoms with Gasteiger partial charge in [0, 0.05) is 13.0 Å². The maximum absolute atomic E-state index is 12.0. The van der Waals surface area contributed by atoms with Gasteiger partial charge in [0.1, 0.15) is 0 Å². The van der Waals surface area contributed by atoms with Crippen LogP contribution in [0.4, 0.5) is 0 Å². The van der Waals surface area contributed by atoms with Crippen molar-refractivity contribution in [2.24, 2.45) is 0 Å². The lowest BCUT2D eigenvalue weighted by atomic mass is 10.00. The van der Waals surface area contributed by atoms with E-state index >= 15 is 0 Å². The third-order valence-corrected chi connectivity index (χ3v) is 2.94. The van der Waals surface area contributed by atoms with Crippen LogP contribution in [0.25, 0.3) is 0 Å². The molecule has 3 heteroatoms. The molecule has 1 aliphatic heterocycles. The number of amides is 1. The second-order valence-electron chi connectivity index (χ2n) is 5.04. The first-order valence-corrected chi connectivity index (χ1v) is 5.89. The molecule has 0 aromatic heterocycles. The highest BCUT2D eigenvalue weighted by atomic mass is 16.5. The van der Waals surface area contributed by atoms with Gasteiger partial charge in [0.2, 0.25) is 5.91 Å². The van der Waals surface area contributed by atoms with Crippen molar-refractivity contribution < 1.29 is 9.53 Å². The van der Waals surface area contributed by atoms with Crippen LogP contribution >= 0.6 is 0 Å². The summed E-state index contributed by atoms with van der Waals surface area (Å²) in [5.74, 6) is 0.275. The molecule has 0 spiro atoms. The first-order valence-electron chi connectivity index (χ1n) is 5.89. The molecule has 1 saturated heterocycles. The van der Waals surface area contributed by atoms with E-state index < -0.39 is 0 Å². The van der Waals surface area contributed by atoms with Gasteiger partial charge in [0.25, 0.3) is 0 Å². The molecule has 88 valence electrons. The molecule has 1 unspecified atom stereocenters. The van der Waals surface area contributed by atoms with Gasteiger partial charge in [-0.05, 0) is 27.2 Å². The Bertz CT molecular complexity index is 226. The van der Waals surface area contributed by atoms with Crippen LogP contribution in [0.5, 0.6) is 0 Å². The number of nitrogens with zero attached hydrogens (tertiary/aromatic N) is 1. The maximum Gasteiger partial charge on any atom is 0.223 e. The molecule has 0 aliphatic carbocycles. The molecule has 0 aromatic carbocycles. The van der Waals surface area contributed by atoms with Crippen molar-refractivity contribution >= 4 is 5.91 Å². The minimum absolute atomic E-state index is 0.142. The van der Waals surface area contributed by atoms with Gasteiger partial charge in [-0.3, -0.25) is 4.79 Å². The molecule has 0 bridgehead atoms. The average molecular weight is 213 g/mol. The van der Waals surface area contributed by atoms with Crippen molar-refractivity contribution in [1.82, 2.24) is 4.90 Å². The highest BCUT2D eigenvalue weighted by Crippen LogP contribution is 2.23. The van der Waals surface area contributed by atoms with E-state index in [0.717, 1.165) is 19.4 Å². The Morgan fingerprint density at radius 2 is 2.20 bits per heavy atom. The van der Waals surface area contributed by atoms with Crippen molar-refractivity contribution in [3.05, 3.63) is 0 Å². The summed E-state index contributed by atoms with van der Waals surface area (Å²) in [6.07, 6.45) is 2.91. The number of ether oxygens (including phenoxy) is 1. The van der Waals surface area contributed by atoms with Gasteiger partial charge in [0.15, 0.2) is 0 Å². The topological polar surface area (TPSA) is 29.5 Å². The summed E-state index contributed by atoms with van der Waals surface area (Å²) >= 11 is 0. The highest BCUT2D eigenvalue weighted by Gasteiger charge is 2.36. The zero-order valence-corrected chi connectivity index (χ0v) is 10.4. The van der Waals surface area contributed by atoms with Gasteiger partial charge in [-0.1, -0.05) is 13.3 Å². The average Bonchev–Trinajstić information content (AvgIpc) is 2.18. The molecule has 15 heavy (non-hydrogen) atoms. The van der Waals surface area contributed by atoms with Crippen LogP contribution in [0.15, 0.2) is 0 Å². The standard InChI is InChI=1S/C12H23NO2/c1-5-6-7-11(14)13-8-10(2)15-9-12(13,3)4/h10H,5-9H2,1-4H3. The molecule has 3 nitrogen and oxygen atoms in total.